The van der Waals surface area contributed by atoms with Crippen LogP contribution in [-0.2, 0) is 24.7 Å². The Kier molecular flexibility index (Phi) is 6.20. The molecule has 0 aliphatic carbocycles. The maximum Gasteiger partial charge on any atom is 0.243 e. The van der Waals surface area contributed by atoms with Crippen LogP contribution in [0.3, 0.4) is 0 Å². The van der Waals surface area contributed by atoms with E-state index in [0.717, 1.165) is 25.9 Å². The van der Waals surface area contributed by atoms with Crippen molar-refractivity contribution in [3.05, 3.63) is 30.3 Å². The number of benzene rings is 1. The molecule has 166 valence electrons. The molecule has 0 aromatic heterocycles. The van der Waals surface area contributed by atoms with Crippen LogP contribution in [0, 0.1) is 5.92 Å². The van der Waals surface area contributed by atoms with E-state index in [1.807, 2.05) is 0 Å². The van der Waals surface area contributed by atoms with E-state index in [1.54, 1.807) is 30.3 Å². The Hall–Kier alpha value is -1.49. The summed E-state index contributed by atoms with van der Waals surface area (Å²) < 4.78 is 51.3. The molecule has 8 nitrogen and oxygen atoms in total. The summed E-state index contributed by atoms with van der Waals surface area (Å²) in [5.41, 5.74) is 0. The fraction of sp³-hybridized carbons (Fsp3) is 0.650. The van der Waals surface area contributed by atoms with Crippen molar-refractivity contribution in [1.29, 1.82) is 0 Å². The number of rotatable bonds is 5. The molecule has 0 spiro atoms. The minimum Gasteiger partial charge on any atom is -0.350 e. The second-order valence-corrected chi connectivity index (χ2v) is 12.6. The minimum absolute atomic E-state index is 0.0128. The summed E-state index contributed by atoms with van der Waals surface area (Å²) in [6.07, 6.45) is 2.99. The fourth-order valence-electron chi connectivity index (χ4n) is 4.80. The first-order valence-corrected chi connectivity index (χ1v) is 13.8. The van der Waals surface area contributed by atoms with Crippen LogP contribution in [0.1, 0.15) is 25.7 Å². The van der Waals surface area contributed by atoms with Gasteiger partial charge in [-0.05, 0) is 50.9 Å². The molecule has 1 N–H and O–H groups in total. The molecule has 3 fully saturated rings. The molecule has 1 amide bonds. The Labute approximate surface area is 178 Å². The number of likely N-dealkylation sites (tertiary alicyclic amines) is 1. The lowest BCUT2D eigenvalue weighted by Gasteiger charge is -2.33. The third kappa shape index (κ3) is 4.56. The van der Waals surface area contributed by atoms with Crippen LogP contribution in [-0.4, -0.2) is 81.7 Å². The average molecular weight is 456 g/mol. The second-order valence-electron chi connectivity index (χ2n) is 8.49. The topological polar surface area (TPSA) is 104 Å². The van der Waals surface area contributed by atoms with Gasteiger partial charge in [-0.25, -0.2) is 16.8 Å². The number of nitrogens with zero attached hydrogens (tertiary/aromatic N) is 2. The van der Waals surface area contributed by atoms with Gasteiger partial charge in [0.05, 0.1) is 22.4 Å². The predicted molar refractivity (Wildman–Crippen MR) is 113 cm³/mol. The molecule has 0 saturated carbocycles. The van der Waals surface area contributed by atoms with Crippen LogP contribution >= 0.6 is 0 Å². The molecule has 3 aliphatic heterocycles. The maximum absolute atomic E-state index is 12.9. The third-order valence-electron chi connectivity index (χ3n) is 6.47. The van der Waals surface area contributed by atoms with Gasteiger partial charge in [-0.3, -0.25) is 9.69 Å². The van der Waals surface area contributed by atoms with E-state index in [1.165, 1.54) is 4.31 Å². The Bertz CT molecular complexity index is 967. The number of carbonyl (C=O) groups excluding carboxylic acids is 1. The van der Waals surface area contributed by atoms with Crippen LogP contribution in [0.25, 0.3) is 0 Å². The quantitative estimate of drug-likeness (QED) is 0.692. The molecule has 30 heavy (non-hydrogen) atoms. The van der Waals surface area contributed by atoms with Crippen molar-refractivity contribution in [3.63, 3.8) is 0 Å². The van der Waals surface area contributed by atoms with Crippen LogP contribution in [0.15, 0.2) is 35.2 Å². The number of sulfonamides is 1. The highest BCUT2D eigenvalue weighted by molar-refractivity contribution is 7.91. The zero-order valence-electron chi connectivity index (χ0n) is 16.9. The first-order valence-electron chi connectivity index (χ1n) is 10.6. The molecule has 3 saturated heterocycles. The summed E-state index contributed by atoms with van der Waals surface area (Å²) in [6, 6.07) is 7.78. The molecule has 10 heteroatoms. The monoisotopic (exact) mass is 455 g/mol. The molecule has 3 heterocycles. The molecule has 0 bridgehead atoms. The van der Waals surface area contributed by atoms with Gasteiger partial charge in [0.25, 0.3) is 0 Å². The van der Waals surface area contributed by atoms with E-state index < -0.39 is 19.9 Å². The summed E-state index contributed by atoms with van der Waals surface area (Å²) in [6.45, 7) is 2.33. The van der Waals surface area contributed by atoms with Crippen molar-refractivity contribution in [2.24, 2.45) is 5.92 Å². The van der Waals surface area contributed by atoms with Gasteiger partial charge < -0.3 is 5.32 Å². The Morgan fingerprint density at radius 3 is 2.23 bits per heavy atom. The van der Waals surface area contributed by atoms with E-state index in [4.69, 9.17) is 0 Å². The lowest BCUT2D eigenvalue weighted by atomic mass is 9.96. The SMILES string of the molecule is O=C(NC1CS(=O)(=O)CC1N1CCCC1)C1CCN(S(=O)(=O)c2ccccc2)CC1. The number of hydrogen-bond acceptors (Lipinski definition) is 6. The smallest absolute Gasteiger partial charge is 0.243 e. The van der Waals surface area contributed by atoms with Gasteiger partial charge in [0, 0.05) is 25.0 Å². The highest BCUT2D eigenvalue weighted by Crippen LogP contribution is 2.26. The molecule has 1 aromatic carbocycles. The number of amides is 1. The number of piperidine rings is 1. The van der Waals surface area contributed by atoms with Crippen LogP contribution in [0.4, 0.5) is 0 Å². The van der Waals surface area contributed by atoms with Gasteiger partial charge in [-0.2, -0.15) is 4.31 Å². The van der Waals surface area contributed by atoms with Crippen LogP contribution in [0.5, 0.6) is 0 Å². The predicted octanol–water partition coefficient (Wildman–Crippen LogP) is 0.465. The van der Waals surface area contributed by atoms with Gasteiger partial charge in [-0.15, -0.1) is 0 Å². The van der Waals surface area contributed by atoms with Gasteiger partial charge in [0.2, 0.25) is 15.9 Å². The second kappa shape index (κ2) is 8.57. The van der Waals surface area contributed by atoms with Crippen molar-refractivity contribution in [2.75, 3.05) is 37.7 Å². The van der Waals surface area contributed by atoms with Crippen LogP contribution in [0.2, 0.25) is 0 Å². The van der Waals surface area contributed by atoms with E-state index in [0.29, 0.717) is 12.8 Å². The molecule has 3 aliphatic rings. The van der Waals surface area contributed by atoms with E-state index >= 15 is 0 Å². The van der Waals surface area contributed by atoms with Gasteiger partial charge in [0.15, 0.2) is 9.84 Å². The normalized spacial score (nSPS) is 28.5. The standard InChI is InChI=1S/C20H29N3O5S2/c24-20(21-18-14-29(25,26)15-19(18)22-10-4-5-11-22)16-8-12-23(13-9-16)30(27,28)17-6-2-1-3-7-17/h1-3,6-7,16,18-19H,4-5,8-15H2,(H,21,24). The Morgan fingerprint density at radius 1 is 0.967 bits per heavy atom. The Balaban J connectivity index is 1.36. The molecule has 2 atom stereocenters. The minimum atomic E-state index is -3.55. The molecule has 0 radical (unpaired) electrons. The fourth-order valence-corrected chi connectivity index (χ4v) is 8.24. The maximum atomic E-state index is 12.9. The first-order chi connectivity index (χ1) is 14.3. The van der Waals surface area contributed by atoms with Gasteiger partial charge >= 0.3 is 0 Å². The van der Waals surface area contributed by atoms with Gasteiger partial charge in [0.1, 0.15) is 0 Å². The number of carbonyl (C=O) groups is 1. The van der Waals surface area contributed by atoms with Crippen molar-refractivity contribution in [1.82, 2.24) is 14.5 Å². The molecule has 4 rings (SSSR count). The molecular weight excluding hydrogens is 426 g/mol. The summed E-state index contributed by atoms with van der Waals surface area (Å²) in [5.74, 6) is -0.361. The largest absolute Gasteiger partial charge is 0.350 e. The number of nitrogens with one attached hydrogen (secondary N) is 1. The zero-order chi connectivity index (χ0) is 21.4. The van der Waals surface area contributed by atoms with Gasteiger partial charge in [-0.1, -0.05) is 18.2 Å². The van der Waals surface area contributed by atoms with Crippen molar-refractivity contribution in [2.45, 2.75) is 42.7 Å². The highest BCUT2D eigenvalue weighted by atomic mass is 32.2. The van der Waals surface area contributed by atoms with Crippen molar-refractivity contribution in [3.8, 4) is 0 Å². The highest BCUT2D eigenvalue weighted by Gasteiger charge is 2.43. The van der Waals surface area contributed by atoms with E-state index in [-0.39, 0.29) is 53.4 Å². The van der Waals surface area contributed by atoms with E-state index in [9.17, 15) is 21.6 Å². The van der Waals surface area contributed by atoms with Crippen molar-refractivity contribution >= 4 is 25.8 Å². The van der Waals surface area contributed by atoms with E-state index in [2.05, 4.69) is 10.2 Å². The Morgan fingerprint density at radius 2 is 1.60 bits per heavy atom. The molecular formula is C20H29N3O5S2. The lowest BCUT2D eigenvalue weighted by molar-refractivity contribution is -0.127. The summed E-state index contributed by atoms with van der Waals surface area (Å²) in [4.78, 5) is 15.3. The average Bonchev–Trinajstić information content (AvgIpc) is 3.36. The summed E-state index contributed by atoms with van der Waals surface area (Å²) in [5, 5.41) is 2.99. The van der Waals surface area contributed by atoms with Crippen LogP contribution < -0.4 is 5.32 Å². The number of sulfone groups is 1. The summed E-state index contributed by atoms with van der Waals surface area (Å²) in [7, 11) is -6.71. The summed E-state index contributed by atoms with van der Waals surface area (Å²) >= 11 is 0. The lowest BCUT2D eigenvalue weighted by Crippen LogP contribution is -2.52. The third-order valence-corrected chi connectivity index (χ3v) is 10.1. The molecule has 1 aromatic rings. The number of hydrogen-bond donors (Lipinski definition) is 1. The molecule has 2 unspecified atom stereocenters. The first kappa shape index (κ1) is 21.7. The van der Waals surface area contributed by atoms with Crippen molar-refractivity contribution < 1.29 is 21.6 Å². The zero-order valence-corrected chi connectivity index (χ0v) is 18.6.